The molecule has 1 saturated heterocycles. The zero-order valence-electron chi connectivity index (χ0n) is 19.8. The van der Waals surface area contributed by atoms with Crippen LogP contribution in [0.2, 0.25) is 0 Å². The van der Waals surface area contributed by atoms with Crippen LogP contribution < -0.4 is 5.32 Å². The third kappa shape index (κ3) is 4.14. The summed E-state index contributed by atoms with van der Waals surface area (Å²) in [5, 5.41) is 2.84. The number of nitrogens with one attached hydrogen (secondary N) is 2. The number of amides is 2. The molecule has 2 aromatic carbocycles. The average molecular weight is 477 g/mol. The first-order chi connectivity index (χ1) is 16.7. The third-order valence-electron chi connectivity index (χ3n) is 6.77. The van der Waals surface area contributed by atoms with Crippen molar-refractivity contribution in [3.63, 3.8) is 0 Å². The van der Waals surface area contributed by atoms with Gasteiger partial charge in [-0.05, 0) is 61.9 Å². The average Bonchev–Trinajstić information content (AvgIpc) is 3.28. The fourth-order valence-electron chi connectivity index (χ4n) is 4.89. The molecule has 0 saturated carbocycles. The van der Waals surface area contributed by atoms with Crippen molar-refractivity contribution in [2.75, 3.05) is 38.5 Å². The number of benzene rings is 2. The van der Waals surface area contributed by atoms with Crippen LogP contribution in [-0.2, 0) is 4.79 Å². The van der Waals surface area contributed by atoms with Crippen LogP contribution in [0.1, 0.15) is 32.9 Å². The number of carbonyl (C=O) groups excluding carboxylic acids is 2. The van der Waals surface area contributed by atoms with Crippen LogP contribution in [0, 0.1) is 25.5 Å². The van der Waals surface area contributed by atoms with E-state index < -0.39 is 11.6 Å². The number of halogens is 2. The first kappa shape index (κ1) is 23.0. The highest BCUT2D eigenvalue weighted by atomic mass is 19.1. The Morgan fingerprint density at radius 1 is 1.03 bits per heavy atom. The molecular formula is C27H26F2N4O2. The van der Waals surface area contributed by atoms with Gasteiger partial charge in [-0.15, -0.1) is 0 Å². The molecule has 0 atom stereocenters. The minimum atomic E-state index is -0.691. The van der Waals surface area contributed by atoms with Gasteiger partial charge in [-0.25, -0.2) is 8.78 Å². The van der Waals surface area contributed by atoms with E-state index in [1.165, 1.54) is 12.1 Å². The maximum atomic E-state index is 14.0. The maximum absolute atomic E-state index is 14.0. The van der Waals surface area contributed by atoms with Gasteiger partial charge in [0.05, 0.1) is 11.1 Å². The Morgan fingerprint density at radius 2 is 1.71 bits per heavy atom. The van der Waals surface area contributed by atoms with Gasteiger partial charge in [-0.2, -0.15) is 0 Å². The van der Waals surface area contributed by atoms with Gasteiger partial charge in [0.2, 0.25) is 0 Å². The number of H-pyrrole nitrogens is 1. The van der Waals surface area contributed by atoms with Crippen molar-refractivity contribution in [3.05, 3.63) is 76.1 Å². The molecule has 6 nitrogen and oxygen atoms in total. The summed E-state index contributed by atoms with van der Waals surface area (Å²) in [5.41, 5.74) is 5.14. The van der Waals surface area contributed by atoms with E-state index in [0.717, 1.165) is 30.4 Å². The Kier molecular flexibility index (Phi) is 5.76. The molecule has 0 spiro atoms. The van der Waals surface area contributed by atoms with E-state index in [9.17, 15) is 18.4 Å². The van der Waals surface area contributed by atoms with Crippen molar-refractivity contribution in [2.45, 2.75) is 13.8 Å². The molecule has 1 aromatic heterocycles. The number of anilines is 1. The summed E-state index contributed by atoms with van der Waals surface area (Å²) in [6, 6.07) is 8.53. The minimum absolute atomic E-state index is 0.0267. The molecule has 5 rings (SSSR count). The second-order valence-corrected chi connectivity index (χ2v) is 9.16. The summed E-state index contributed by atoms with van der Waals surface area (Å²) in [4.78, 5) is 33.5. The summed E-state index contributed by atoms with van der Waals surface area (Å²) in [5.74, 6) is -1.73. The number of aryl methyl sites for hydroxylation is 1. The second kappa shape index (κ2) is 8.78. The fourth-order valence-corrected chi connectivity index (χ4v) is 4.89. The lowest BCUT2D eigenvalue weighted by Gasteiger charge is -2.32. The van der Waals surface area contributed by atoms with Crippen molar-refractivity contribution in [3.8, 4) is 11.1 Å². The van der Waals surface area contributed by atoms with Gasteiger partial charge in [-0.3, -0.25) is 9.59 Å². The molecule has 8 heteroatoms. The Labute approximate surface area is 202 Å². The molecule has 2 N–H and O–H groups in total. The monoisotopic (exact) mass is 476 g/mol. The topological polar surface area (TPSA) is 68.4 Å². The van der Waals surface area contributed by atoms with Crippen molar-refractivity contribution in [1.29, 1.82) is 0 Å². The summed E-state index contributed by atoms with van der Waals surface area (Å²) in [6.45, 7) is 6.69. The normalized spacial score (nSPS) is 17.1. The quantitative estimate of drug-likeness (QED) is 0.549. The Bertz CT molecular complexity index is 1360. The molecule has 3 aromatic rings. The lowest BCUT2D eigenvalue weighted by atomic mass is 9.94. The standard InChI is InChI=1S/C27H26F2N4O2/c1-15-23(30-16(2)24(15)27(35)33-9-7-32(3)8-10-33)14-21-25-20(5-4-6-22(25)31-26(21)34)17-11-18(28)13-19(29)12-17/h4-6,11-14,30H,7-10H2,1-3H3,(H,31,34). The highest BCUT2D eigenvalue weighted by molar-refractivity contribution is 6.36. The van der Waals surface area contributed by atoms with Gasteiger partial charge in [0, 0.05) is 54.9 Å². The number of carbonyl (C=O) groups is 2. The van der Waals surface area contributed by atoms with Gasteiger partial charge in [0.25, 0.3) is 11.8 Å². The molecule has 1 fully saturated rings. The lowest BCUT2D eigenvalue weighted by Crippen LogP contribution is -2.47. The smallest absolute Gasteiger partial charge is 0.256 e. The zero-order chi connectivity index (χ0) is 24.9. The number of hydrogen-bond acceptors (Lipinski definition) is 3. The number of hydrogen-bond donors (Lipinski definition) is 2. The number of fused-ring (bicyclic) bond motifs is 1. The fraction of sp³-hybridized carbons (Fsp3) is 0.259. The van der Waals surface area contributed by atoms with Crippen molar-refractivity contribution < 1.29 is 18.4 Å². The lowest BCUT2D eigenvalue weighted by molar-refractivity contribution is -0.110. The largest absolute Gasteiger partial charge is 0.358 e. The molecule has 0 radical (unpaired) electrons. The number of aromatic nitrogens is 1. The summed E-state index contributed by atoms with van der Waals surface area (Å²) in [6.07, 6.45) is 1.71. The van der Waals surface area contributed by atoms with Crippen LogP contribution in [0.15, 0.2) is 36.4 Å². The van der Waals surface area contributed by atoms with Crippen molar-refractivity contribution in [1.82, 2.24) is 14.8 Å². The zero-order valence-corrected chi connectivity index (χ0v) is 19.8. The van der Waals surface area contributed by atoms with Crippen LogP contribution in [0.3, 0.4) is 0 Å². The van der Waals surface area contributed by atoms with Gasteiger partial charge in [0.1, 0.15) is 11.6 Å². The SMILES string of the molecule is Cc1[nH]c(C=C2C(=O)Nc3cccc(-c4cc(F)cc(F)c4)c32)c(C)c1C(=O)N1CCN(C)CC1. The Morgan fingerprint density at radius 3 is 2.40 bits per heavy atom. The number of aromatic amines is 1. The minimum Gasteiger partial charge on any atom is -0.358 e. The maximum Gasteiger partial charge on any atom is 0.256 e. The molecule has 0 aliphatic carbocycles. The first-order valence-electron chi connectivity index (χ1n) is 11.5. The van der Waals surface area contributed by atoms with E-state index >= 15 is 0 Å². The van der Waals surface area contributed by atoms with Crippen LogP contribution >= 0.6 is 0 Å². The van der Waals surface area contributed by atoms with Gasteiger partial charge < -0.3 is 20.1 Å². The Balaban J connectivity index is 1.57. The third-order valence-corrected chi connectivity index (χ3v) is 6.77. The van der Waals surface area contributed by atoms with Crippen LogP contribution in [0.25, 0.3) is 22.8 Å². The molecule has 2 aliphatic heterocycles. The summed E-state index contributed by atoms with van der Waals surface area (Å²) < 4.78 is 27.9. The second-order valence-electron chi connectivity index (χ2n) is 9.16. The molecule has 35 heavy (non-hydrogen) atoms. The van der Waals surface area contributed by atoms with E-state index in [1.807, 2.05) is 25.8 Å². The van der Waals surface area contributed by atoms with Gasteiger partial charge in [0.15, 0.2) is 0 Å². The molecule has 2 amide bonds. The molecule has 0 unspecified atom stereocenters. The Hall–Kier alpha value is -3.78. The number of likely N-dealkylation sites (N-methyl/N-ethyl adjacent to an activating group) is 1. The highest BCUT2D eigenvalue weighted by Crippen LogP contribution is 2.41. The molecule has 0 bridgehead atoms. The van der Waals surface area contributed by atoms with Gasteiger partial charge >= 0.3 is 0 Å². The predicted octanol–water partition coefficient (Wildman–Crippen LogP) is 4.46. The van der Waals surface area contributed by atoms with Crippen molar-refractivity contribution >= 4 is 29.2 Å². The highest BCUT2D eigenvalue weighted by Gasteiger charge is 2.30. The molecule has 2 aliphatic rings. The molecular weight excluding hydrogens is 450 g/mol. The van der Waals surface area contributed by atoms with Crippen molar-refractivity contribution in [2.24, 2.45) is 0 Å². The predicted molar refractivity (Wildman–Crippen MR) is 132 cm³/mol. The number of piperazine rings is 1. The van der Waals surface area contributed by atoms with Gasteiger partial charge in [-0.1, -0.05) is 12.1 Å². The first-order valence-corrected chi connectivity index (χ1v) is 11.5. The number of rotatable bonds is 3. The molecule has 180 valence electrons. The van der Waals surface area contributed by atoms with E-state index in [-0.39, 0.29) is 11.8 Å². The van der Waals surface area contributed by atoms with E-state index in [0.29, 0.717) is 52.3 Å². The van der Waals surface area contributed by atoms with E-state index in [2.05, 4.69) is 15.2 Å². The van der Waals surface area contributed by atoms with Crippen LogP contribution in [-0.4, -0.2) is 59.8 Å². The summed E-state index contributed by atoms with van der Waals surface area (Å²) >= 11 is 0. The van der Waals surface area contributed by atoms with Crippen LogP contribution in [0.5, 0.6) is 0 Å². The summed E-state index contributed by atoms with van der Waals surface area (Å²) in [7, 11) is 2.04. The number of nitrogens with zero attached hydrogens (tertiary/aromatic N) is 2. The van der Waals surface area contributed by atoms with E-state index in [4.69, 9.17) is 0 Å². The van der Waals surface area contributed by atoms with E-state index in [1.54, 1.807) is 24.3 Å². The molecule has 3 heterocycles. The van der Waals surface area contributed by atoms with Crippen LogP contribution in [0.4, 0.5) is 14.5 Å².